The van der Waals surface area contributed by atoms with Crippen LogP contribution in [0.1, 0.15) is 17.3 Å². The van der Waals surface area contributed by atoms with Crippen LogP contribution >= 0.6 is 11.6 Å². The summed E-state index contributed by atoms with van der Waals surface area (Å²) in [4.78, 5) is 35.7. The molecule has 25 heavy (non-hydrogen) atoms. The molecule has 1 amide bonds. The number of anilines is 1. The van der Waals surface area contributed by atoms with Crippen molar-refractivity contribution in [1.29, 1.82) is 0 Å². The summed E-state index contributed by atoms with van der Waals surface area (Å²) in [5, 5.41) is 3.74. The normalized spacial score (nSPS) is 10.6. The number of pyridine rings is 1. The number of carbonyl (C=O) groups excluding carboxylic acids is 2. The molecule has 1 N–H and O–H groups in total. The van der Waals surface area contributed by atoms with Gasteiger partial charge in [-0.1, -0.05) is 23.7 Å². The number of ketones is 1. The molecule has 0 aliphatic heterocycles. The van der Waals surface area contributed by atoms with E-state index in [1.54, 1.807) is 53.2 Å². The maximum atomic E-state index is 12.3. The summed E-state index contributed by atoms with van der Waals surface area (Å²) >= 11 is 6.01. The van der Waals surface area contributed by atoms with E-state index in [9.17, 15) is 14.4 Å². The predicted molar refractivity (Wildman–Crippen MR) is 98.3 cm³/mol. The Kier molecular flexibility index (Phi) is 4.67. The van der Waals surface area contributed by atoms with Crippen LogP contribution < -0.4 is 10.7 Å². The van der Waals surface area contributed by atoms with Gasteiger partial charge in [0.1, 0.15) is 6.54 Å². The number of carbonyl (C=O) groups is 2. The lowest BCUT2D eigenvalue weighted by Gasteiger charge is -2.12. The van der Waals surface area contributed by atoms with E-state index in [1.807, 2.05) is 0 Å². The molecule has 3 aromatic rings. The molecule has 126 valence electrons. The first-order chi connectivity index (χ1) is 11.9. The van der Waals surface area contributed by atoms with E-state index >= 15 is 0 Å². The Hall–Kier alpha value is -2.92. The van der Waals surface area contributed by atoms with Crippen molar-refractivity contribution < 1.29 is 9.59 Å². The van der Waals surface area contributed by atoms with Crippen LogP contribution in [0.2, 0.25) is 5.02 Å². The molecule has 1 heterocycles. The van der Waals surface area contributed by atoms with Gasteiger partial charge in [0.2, 0.25) is 5.91 Å². The van der Waals surface area contributed by atoms with E-state index in [0.717, 1.165) is 0 Å². The van der Waals surface area contributed by atoms with Crippen molar-refractivity contribution in [3.8, 4) is 0 Å². The standard InChI is InChI=1S/C19H15ClN2O3/c1-12(23)13-3-2-4-15(9-13)21-19(25)11-22-8-7-18(24)16-6-5-14(20)10-17(16)22/h2-10H,11H2,1H3,(H,21,25). The predicted octanol–water partition coefficient (Wildman–Crippen LogP) is 3.50. The Morgan fingerprint density at radius 1 is 1.12 bits per heavy atom. The molecule has 6 heteroatoms. The van der Waals surface area contributed by atoms with Gasteiger partial charge in [-0.3, -0.25) is 14.4 Å². The van der Waals surface area contributed by atoms with Crippen LogP contribution in [0.4, 0.5) is 5.69 Å². The zero-order valence-electron chi connectivity index (χ0n) is 13.5. The SMILES string of the molecule is CC(=O)c1cccc(NC(=O)Cn2ccc(=O)c3ccc(Cl)cc32)c1. The molecule has 0 unspecified atom stereocenters. The molecule has 0 spiro atoms. The minimum atomic E-state index is -0.273. The van der Waals surface area contributed by atoms with Crippen LogP contribution in [0.3, 0.4) is 0 Å². The summed E-state index contributed by atoms with van der Waals surface area (Å²) in [7, 11) is 0. The first-order valence-electron chi connectivity index (χ1n) is 7.63. The summed E-state index contributed by atoms with van der Waals surface area (Å²) in [6, 6.07) is 13.1. The molecule has 1 aromatic heterocycles. The van der Waals surface area contributed by atoms with Gasteiger partial charge >= 0.3 is 0 Å². The van der Waals surface area contributed by atoms with Gasteiger partial charge in [0.25, 0.3) is 0 Å². The van der Waals surface area contributed by atoms with E-state index in [-0.39, 0.29) is 23.7 Å². The Bertz CT molecular complexity index is 1040. The monoisotopic (exact) mass is 354 g/mol. The maximum Gasteiger partial charge on any atom is 0.244 e. The highest BCUT2D eigenvalue weighted by atomic mass is 35.5. The largest absolute Gasteiger partial charge is 0.338 e. The van der Waals surface area contributed by atoms with E-state index in [2.05, 4.69) is 5.32 Å². The number of aromatic nitrogens is 1. The average molecular weight is 355 g/mol. The second-order valence-corrected chi connectivity index (χ2v) is 6.09. The smallest absolute Gasteiger partial charge is 0.244 e. The van der Waals surface area contributed by atoms with E-state index in [1.165, 1.54) is 13.0 Å². The topological polar surface area (TPSA) is 68.2 Å². The number of halogens is 1. The van der Waals surface area contributed by atoms with Crippen molar-refractivity contribution in [2.75, 3.05) is 5.32 Å². The minimum Gasteiger partial charge on any atom is -0.338 e. The molecule has 3 rings (SSSR count). The van der Waals surface area contributed by atoms with Crippen LogP contribution in [0.15, 0.2) is 59.5 Å². The molecule has 0 aliphatic rings. The molecule has 5 nitrogen and oxygen atoms in total. The number of hydrogen-bond acceptors (Lipinski definition) is 3. The summed E-state index contributed by atoms with van der Waals surface area (Å²) in [6.45, 7) is 1.48. The number of benzene rings is 2. The summed E-state index contributed by atoms with van der Waals surface area (Å²) in [5.41, 5.74) is 1.53. The highest BCUT2D eigenvalue weighted by Crippen LogP contribution is 2.17. The minimum absolute atomic E-state index is 0.0153. The van der Waals surface area contributed by atoms with Crippen LogP contribution in [-0.2, 0) is 11.3 Å². The number of nitrogens with zero attached hydrogens (tertiary/aromatic N) is 1. The second-order valence-electron chi connectivity index (χ2n) is 5.65. The van der Waals surface area contributed by atoms with Gasteiger partial charge in [-0.25, -0.2) is 0 Å². The Morgan fingerprint density at radius 3 is 2.68 bits per heavy atom. The number of hydrogen-bond donors (Lipinski definition) is 1. The Balaban J connectivity index is 1.86. The Labute approximate surface area is 148 Å². The third-order valence-corrected chi connectivity index (χ3v) is 4.04. The van der Waals surface area contributed by atoms with Crippen molar-refractivity contribution in [3.63, 3.8) is 0 Å². The molecule has 0 radical (unpaired) electrons. The molecule has 0 aliphatic carbocycles. The Morgan fingerprint density at radius 2 is 1.92 bits per heavy atom. The first-order valence-corrected chi connectivity index (χ1v) is 8.01. The quantitative estimate of drug-likeness (QED) is 0.729. The number of rotatable bonds is 4. The fraction of sp³-hybridized carbons (Fsp3) is 0.105. The fourth-order valence-electron chi connectivity index (χ4n) is 2.59. The lowest BCUT2D eigenvalue weighted by molar-refractivity contribution is -0.116. The summed E-state index contributed by atoms with van der Waals surface area (Å²) in [6.07, 6.45) is 1.56. The van der Waals surface area contributed by atoms with E-state index in [0.29, 0.717) is 27.2 Å². The highest BCUT2D eigenvalue weighted by Gasteiger charge is 2.09. The van der Waals surface area contributed by atoms with Gasteiger partial charge < -0.3 is 9.88 Å². The van der Waals surface area contributed by atoms with Gasteiger partial charge in [-0.2, -0.15) is 0 Å². The molecule has 0 fully saturated rings. The third kappa shape index (κ3) is 3.78. The van der Waals surface area contributed by atoms with Crippen LogP contribution in [0.5, 0.6) is 0 Å². The maximum absolute atomic E-state index is 12.3. The molecule has 0 bridgehead atoms. The van der Waals surface area contributed by atoms with Gasteiger partial charge in [0.05, 0.1) is 5.52 Å². The fourth-order valence-corrected chi connectivity index (χ4v) is 2.75. The van der Waals surface area contributed by atoms with Crippen LogP contribution in [-0.4, -0.2) is 16.3 Å². The van der Waals surface area contributed by atoms with E-state index in [4.69, 9.17) is 11.6 Å². The number of Topliss-reactive ketones (excluding diaryl/α,β-unsaturated/α-hetero) is 1. The van der Waals surface area contributed by atoms with Crippen molar-refractivity contribution in [2.24, 2.45) is 0 Å². The van der Waals surface area contributed by atoms with Crippen molar-refractivity contribution in [3.05, 3.63) is 75.5 Å². The second kappa shape index (κ2) is 6.91. The lowest BCUT2D eigenvalue weighted by Crippen LogP contribution is -2.20. The van der Waals surface area contributed by atoms with Crippen molar-refractivity contribution in [2.45, 2.75) is 13.5 Å². The molecular weight excluding hydrogens is 340 g/mol. The number of fused-ring (bicyclic) bond motifs is 1. The van der Waals surface area contributed by atoms with E-state index < -0.39 is 0 Å². The highest BCUT2D eigenvalue weighted by molar-refractivity contribution is 6.31. The van der Waals surface area contributed by atoms with Gasteiger partial charge in [-0.05, 0) is 37.3 Å². The third-order valence-electron chi connectivity index (χ3n) is 3.81. The van der Waals surface area contributed by atoms with Crippen molar-refractivity contribution >= 4 is 39.9 Å². The van der Waals surface area contributed by atoms with Crippen LogP contribution in [0.25, 0.3) is 10.9 Å². The zero-order chi connectivity index (χ0) is 18.0. The summed E-state index contributed by atoms with van der Waals surface area (Å²) in [5.74, 6) is -0.345. The summed E-state index contributed by atoms with van der Waals surface area (Å²) < 4.78 is 1.66. The zero-order valence-corrected chi connectivity index (χ0v) is 14.2. The first kappa shape index (κ1) is 16.9. The van der Waals surface area contributed by atoms with Crippen molar-refractivity contribution in [1.82, 2.24) is 4.57 Å². The van der Waals surface area contributed by atoms with Gasteiger partial charge in [0, 0.05) is 33.9 Å². The van der Waals surface area contributed by atoms with Gasteiger partial charge in [0.15, 0.2) is 11.2 Å². The number of amides is 1. The van der Waals surface area contributed by atoms with Crippen LogP contribution in [0, 0.1) is 0 Å². The molecule has 2 aromatic carbocycles. The molecule has 0 saturated carbocycles. The molecule has 0 saturated heterocycles. The molecule has 0 atom stereocenters. The lowest BCUT2D eigenvalue weighted by atomic mass is 10.1. The number of nitrogens with one attached hydrogen (secondary N) is 1. The van der Waals surface area contributed by atoms with Gasteiger partial charge in [-0.15, -0.1) is 0 Å². The average Bonchev–Trinajstić information content (AvgIpc) is 2.57. The molecular formula is C19H15ClN2O3.